The molecule has 0 saturated carbocycles. The van der Waals surface area contributed by atoms with Crippen LogP contribution < -0.4 is 10.6 Å². The average molecular weight is 505 g/mol. The van der Waals surface area contributed by atoms with Crippen molar-refractivity contribution in [2.75, 3.05) is 19.0 Å². The molecule has 190 valence electrons. The molecule has 0 aliphatic carbocycles. The van der Waals surface area contributed by atoms with E-state index in [0.29, 0.717) is 5.56 Å². The Hall–Kier alpha value is -3.23. The summed E-state index contributed by atoms with van der Waals surface area (Å²) in [6.07, 6.45) is -3.15. The average Bonchev–Trinajstić information content (AvgIpc) is 2.70. The lowest BCUT2D eigenvalue weighted by atomic mass is 10.0. The number of carboxylic acids is 1. The second-order valence-corrected chi connectivity index (χ2v) is 9.37. The molecular weight excluding hydrogens is 476 g/mol. The van der Waals surface area contributed by atoms with Gasteiger partial charge in [0.05, 0.1) is 6.42 Å². The Morgan fingerprint density at radius 2 is 1.68 bits per heavy atom. The third kappa shape index (κ3) is 12.1. The van der Waals surface area contributed by atoms with E-state index in [-0.39, 0.29) is 13.0 Å². The lowest BCUT2D eigenvalue weighted by Crippen LogP contribution is -2.45. The van der Waals surface area contributed by atoms with E-state index >= 15 is 0 Å². The number of hydrogen-bond donors (Lipinski definition) is 4. The number of carbonyl (C=O) groups is 4. The molecular formula is C20H28N2O11S. The van der Waals surface area contributed by atoms with E-state index in [2.05, 4.69) is 15.4 Å². The minimum absolute atomic E-state index is 0.165. The summed E-state index contributed by atoms with van der Waals surface area (Å²) in [5.41, 5.74) is -0.555. The zero-order valence-corrected chi connectivity index (χ0v) is 19.7. The number of nitrogens with one attached hydrogen (secondary N) is 2. The van der Waals surface area contributed by atoms with Gasteiger partial charge in [0.2, 0.25) is 6.10 Å². The lowest BCUT2D eigenvalue weighted by Gasteiger charge is -2.27. The highest BCUT2D eigenvalue weighted by Gasteiger charge is 2.35. The number of aliphatic carboxylic acids is 1. The molecule has 0 aliphatic rings. The number of alkyl carbamates (subject to hydrolysis) is 1. The van der Waals surface area contributed by atoms with Crippen LogP contribution in [0.5, 0.6) is 0 Å². The summed E-state index contributed by atoms with van der Waals surface area (Å²) in [4.78, 5) is 47.9. The Morgan fingerprint density at radius 3 is 2.21 bits per heavy atom. The van der Waals surface area contributed by atoms with E-state index in [9.17, 15) is 32.7 Å². The highest BCUT2D eigenvalue weighted by molar-refractivity contribution is 7.85. The van der Waals surface area contributed by atoms with Crippen molar-refractivity contribution >= 4 is 34.1 Å². The molecule has 0 bridgehead atoms. The van der Waals surface area contributed by atoms with Crippen molar-refractivity contribution in [3.63, 3.8) is 0 Å². The van der Waals surface area contributed by atoms with Crippen LogP contribution >= 0.6 is 0 Å². The molecule has 0 aromatic heterocycles. The summed E-state index contributed by atoms with van der Waals surface area (Å²) in [5, 5.41) is 14.3. The zero-order chi connectivity index (χ0) is 25.9. The second kappa shape index (κ2) is 12.9. The maximum absolute atomic E-state index is 12.3. The van der Waals surface area contributed by atoms with E-state index in [1.165, 1.54) is 12.1 Å². The maximum Gasteiger partial charge on any atom is 0.408 e. The van der Waals surface area contributed by atoms with Gasteiger partial charge in [0.15, 0.2) is 6.61 Å². The highest BCUT2D eigenvalue weighted by atomic mass is 32.2. The summed E-state index contributed by atoms with van der Waals surface area (Å²) in [5.74, 6) is -4.44. The fourth-order valence-corrected chi connectivity index (χ4v) is 2.87. The van der Waals surface area contributed by atoms with E-state index < -0.39 is 64.3 Å². The first-order valence-electron chi connectivity index (χ1n) is 9.96. The first kappa shape index (κ1) is 28.8. The molecule has 34 heavy (non-hydrogen) atoms. The van der Waals surface area contributed by atoms with Gasteiger partial charge in [-0.15, -0.1) is 0 Å². The van der Waals surface area contributed by atoms with Crippen molar-refractivity contribution in [1.29, 1.82) is 0 Å². The molecule has 1 amide bonds. The number of carbonyl (C=O) groups excluding carboxylic acids is 3. The van der Waals surface area contributed by atoms with Gasteiger partial charge in [-0.05, 0) is 26.3 Å². The van der Waals surface area contributed by atoms with E-state index in [1.807, 2.05) is 0 Å². The fourth-order valence-electron chi connectivity index (χ4n) is 2.47. The van der Waals surface area contributed by atoms with Gasteiger partial charge in [0.1, 0.15) is 17.5 Å². The van der Waals surface area contributed by atoms with E-state index in [1.54, 1.807) is 39.0 Å². The number of hydrogen-bond acceptors (Lipinski definition) is 10. The quantitative estimate of drug-likeness (QED) is 0.134. The van der Waals surface area contributed by atoms with E-state index in [4.69, 9.17) is 14.0 Å². The standard InChI is InChI=1S/C20H28N2O11S/c1-20(2,3)33-19(27)22-16(13-7-5-4-6-8-13)17(18(25)26)32-15(24)11-31-14(23)9-10-21-12-34(28,29)30/h4-8,16-17,21H,9-12H2,1-3H3,(H,22,27)(H,25,26)(H,28,29,30)/t16-,17+/m0/s1. The molecule has 0 radical (unpaired) electrons. The molecule has 0 unspecified atom stereocenters. The Balaban J connectivity index is 2.79. The van der Waals surface area contributed by atoms with Gasteiger partial charge in [0, 0.05) is 6.54 Å². The SMILES string of the molecule is CC(C)(C)OC(=O)N[C@@H](c1ccccc1)[C@@H](OC(=O)COC(=O)CCNCS(=O)(=O)O)C(=O)O. The number of rotatable bonds is 12. The maximum atomic E-state index is 12.3. The highest BCUT2D eigenvalue weighted by Crippen LogP contribution is 2.21. The Morgan fingerprint density at radius 1 is 1.06 bits per heavy atom. The van der Waals surface area contributed by atoms with Crippen molar-refractivity contribution in [3.8, 4) is 0 Å². The Kier molecular flexibility index (Phi) is 10.9. The minimum atomic E-state index is -4.25. The van der Waals surface area contributed by atoms with Crippen molar-refractivity contribution in [3.05, 3.63) is 35.9 Å². The van der Waals surface area contributed by atoms with Crippen LogP contribution in [0.4, 0.5) is 4.79 Å². The molecule has 0 aliphatic heterocycles. The van der Waals surface area contributed by atoms with Gasteiger partial charge in [-0.25, -0.2) is 14.4 Å². The number of esters is 2. The first-order chi connectivity index (χ1) is 15.7. The smallest absolute Gasteiger partial charge is 0.408 e. The van der Waals surface area contributed by atoms with Crippen molar-refractivity contribution < 1.29 is 51.5 Å². The van der Waals surface area contributed by atoms with Gasteiger partial charge >= 0.3 is 24.0 Å². The normalized spacial score (nSPS) is 13.3. The van der Waals surface area contributed by atoms with Crippen LogP contribution in [0.2, 0.25) is 0 Å². The van der Waals surface area contributed by atoms with Gasteiger partial charge in [-0.3, -0.25) is 9.35 Å². The molecule has 0 spiro atoms. The van der Waals surface area contributed by atoms with Gasteiger partial charge < -0.3 is 30.0 Å². The monoisotopic (exact) mass is 504 g/mol. The molecule has 13 nitrogen and oxygen atoms in total. The molecule has 4 N–H and O–H groups in total. The lowest BCUT2D eigenvalue weighted by molar-refractivity contribution is -0.171. The van der Waals surface area contributed by atoms with Gasteiger partial charge in [-0.1, -0.05) is 30.3 Å². The number of benzene rings is 1. The molecule has 0 saturated heterocycles. The van der Waals surface area contributed by atoms with Crippen LogP contribution in [0, 0.1) is 0 Å². The van der Waals surface area contributed by atoms with Crippen LogP contribution in [0.25, 0.3) is 0 Å². The summed E-state index contributed by atoms with van der Waals surface area (Å²) < 4.78 is 44.5. The Labute approximate surface area is 196 Å². The van der Waals surface area contributed by atoms with Gasteiger partial charge in [0.25, 0.3) is 10.1 Å². The summed E-state index contributed by atoms with van der Waals surface area (Å²) in [6, 6.07) is 6.57. The second-order valence-electron chi connectivity index (χ2n) is 7.92. The van der Waals surface area contributed by atoms with Crippen LogP contribution in [-0.4, -0.2) is 72.8 Å². The predicted molar refractivity (Wildman–Crippen MR) is 116 cm³/mol. The topological polar surface area (TPSA) is 195 Å². The van der Waals surface area contributed by atoms with Crippen molar-refractivity contribution in [1.82, 2.24) is 10.6 Å². The van der Waals surface area contributed by atoms with E-state index in [0.717, 1.165) is 0 Å². The van der Waals surface area contributed by atoms with Gasteiger partial charge in [-0.2, -0.15) is 8.42 Å². The molecule has 0 heterocycles. The third-order valence-electron chi connectivity index (χ3n) is 3.78. The van der Waals surface area contributed by atoms with Crippen LogP contribution in [0.3, 0.4) is 0 Å². The van der Waals surface area contributed by atoms with Crippen LogP contribution in [-0.2, 0) is 38.7 Å². The summed E-state index contributed by atoms with van der Waals surface area (Å²) in [6.45, 7) is 3.76. The first-order valence-corrected chi connectivity index (χ1v) is 11.6. The van der Waals surface area contributed by atoms with Crippen LogP contribution in [0.15, 0.2) is 30.3 Å². The molecule has 14 heteroatoms. The fraction of sp³-hybridized carbons (Fsp3) is 0.500. The number of carboxylic acid groups (broad SMARTS) is 1. The number of amides is 1. The third-order valence-corrected chi connectivity index (χ3v) is 4.35. The zero-order valence-electron chi connectivity index (χ0n) is 18.8. The molecule has 0 fully saturated rings. The predicted octanol–water partition coefficient (Wildman–Crippen LogP) is 0.617. The molecule has 1 rings (SSSR count). The largest absolute Gasteiger partial charge is 0.478 e. The summed E-state index contributed by atoms with van der Waals surface area (Å²) in [7, 11) is -4.25. The summed E-state index contributed by atoms with van der Waals surface area (Å²) >= 11 is 0. The Bertz CT molecular complexity index is 958. The molecule has 1 aromatic carbocycles. The van der Waals surface area contributed by atoms with Crippen molar-refractivity contribution in [2.24, 2.45) is 0 Å². The molecule has 1 aromatic rings. The molecule has 2 atom stereocenters. The number of ether oxygens (including phenoxy) is 3. The van der Waals surface area contributed by atoms with Crippen LogP contribution in [0.1, 0.15) is 38.8 Å². The van der Waals surface area contributed by atoms with Crippen molar-refractivity contribution in [2.45, 2.75) is 44.9 Å². The minimum Gasteiger partial charge on any atom is -0.478 e.